The van der Waals surface area contributed by atoms with Gasteiger partial charge < -0.3 is 14.7 Å². The van der Waals surface area contributed by atoms with Gasteiger partial charge in [-0.05, 0) is 19.3 Å². The summed E-state index contributed by atoms with van der Waals surface area (Å²) in [7, 11) is 1.64. The fourth-order valence-corrected chi connectivity index (χ4v) is 2.90. The van der Waals surface area contributed by atoms with Crippen molar-refractivity contribution in [3.63, 3.8) is 0 Å². The number of aliphatic hydroxyl groups is 1. The van der Waals surface area contributed by atoms with Gasteiger partial charge in [-0.1, -0.05) is 44.1 Å². The highest BCUT2D eigenvalue weighted by Crippen LogP contribution is 2.16. The largest absolute Gasteiger partial charge is 0.389 e. The molecule has 1 unspecified atom stereocenters. The molecule has 0 spiro atoms. The first kappa shape index (κ1) is 20.4. The molecule has 1 N–H and O–H groups in total. The Hall–Kier alpha value is -0.680. The molecule has 4 nitrogen and oxygen atoms in total. The summed E-state index contributed by atoms with van der Waals surface area (Å²) in [6.07, 6.45) is 11.3. The molecule has 134 valence electrons. The Morgan fingerprint density at radius 3 is 2.39 bits per heavy atom. The molecule has 1 heterocycles. The normalized spacial score (nSPS) is 20.6. The second kappa shape index (κ2) is 12.7. The summed E-state index contributed by atoms with van der Waals surface area (Å²) < 4.78 is 4.97. The van der Waals surface area contributed by atoms with Crippen molar-refractivity contribution in [3.05, 3.63) is 23.8 Å². The first-order valence-corrected chi connectivity index (χ1v) is 9.15. The molecule has 2 rings (SSSR count). The Morgan fingerprint density at radius 1 is 1.17 bits per heavy atom. The van der Waals surface area contributed by atoms with Crippen molar-refractivity contribution in [1.29, 1.82) is 0 Å². The lowest BCUT2D eigenvalue weighted by Gasteiger charge is -2.35. The van der Waals surface area contributed by atoms with Gasteiger partial charge in [-0.3, -0.25) is 4.90 Å². The minimum absolute atomic E-state index is 0.356. The van der Waals surface area contributed by atoms with Gasteiger partial charge in [-0.25, -0.2) is 0 Å². The molecular weight excluding hydrogens is 288 g/mol. The zero-order valence-electron chi connectivity index (χ0n) is 15.3. The number of allylic oxidation sites excluding steroid dienone is 3. The van der Waals surface area contributed by atoms with E-state index >= 15 is 0 Å². The lowest BCUT2D eigenvalue weighted by atomic mass is 10.0. The van der Waals surface area contributed by atoms with E-state index in [1.165, 1.54) is 32.2 Å². The Balaban J connectivity index is 0.000000816. The second-order valence-corrected chi connectivity index (χ2v) is 6.50. The molecule has 0 aromatic carbocycles. The maximum Gasteiger partial charge on any atom is 0.0900 e. The molecule has 1 aliphatic carbocycles. The van der Waals surface area contributed by atoms with E-state index in [4.69, 9.17) is 4.74 Å². The number of hydrogen-bond acceptors (Lipinski definition) is 4. The third-order valence-electron chi connectivity index (χ3n) is 4.14. The number of nitrogens with zero attached hydrogens (tertiary/aromatic N) is 2. The first-order chi connectivity index (χ1) is 11.2. The number of hydrogen-bond donors (Lipinski definition) is 1. The summed E-state index contributed by atoms with van der Waals surface area (Å²) in [6, 6.07) is 0. The molecular formula is C19H36N2O2. The van der Waals surface area contributed by atoms with E-state index in [0.717, 1.165) is 32.7 Å². The van der Waals surface area contributed by atoms with Crippen LogP contribution in [-0.2, 0) is 4.74 Å². The Morgan fingerprint density at radius 2 is 1.83 bits per heavy atom. The minimum atomic E-state index is -0.356. The fourth-order valence-electron chi connectivity index (χ4n) is 2.90. The molecule has 1 aliphatic heterocycles. The van der Waals surface area contributed by atoms with Crippen molar-refractivity contribution in [2.24, 2.45) is 0 Å². The molecule has 0 radical (unpaired) electrons. The van der Waals surface area contributed by atoms with Gasteiger partial charge in [0.2, 0.25) is 0 Å². The van der Waals surface area contributed by atoms with Crippen molar-refractivity contribution in [2.75, 3.05) is 53.0 Å². The van der Waals surface area contributed by atoms with Crippen LogP contribution in [0.25, 0.3) is 0 Å². The van der Waals surface area contributed by atoms with Gasteiger partial charge >= 0.3 is 0 Å². The van der Waals surface area contributed by atoms with E-state index < -0.39 is 0 Å². The van der Waals surface area contributed by atoms with Crippen LogP contribution in [0.5, 0.6) is 0 Å². The van der Waals surface area contributed by atoms with E-state index in [1.54, 1.807) is 12.7 Å². The third-order valence-corrected chi connectivity index (χ3v) is 4.14. The lowest BCUT2D eigenvalue weighted by molar-refractivity contribution is 0.0240. The molecule has 0 aromatic rings. The van der Waals surface area contributed by atoms with Gasteiger partial charge in [0.15, 0.2) is 0 Å². The van der Waals surface area contributed by atoms with Gasteiger partial charge in [-0.2, -0.15) is 0 Å². The maximum absolute atomic E-state index is 9.75. The predicted octanol–water partition coefficient (Wildman–Crippen LogP) is 2.69. The van der Waals surface area contributed by atoms with Crippen LogP contribution in [0, 0.1) is 0 Å². The van der Waals surface area contributed by atoms with E-state index in [1.807, 2.05) is 0 Å². The molecule has 1 atom stereocenters. The number of piperazine rings is 1. The molecule has 1 fully saturated rings. The van der Waals surface area contributed by atoms with Crippen molar-refractivity contribution in [1.82, 2.24) is 9.80 Å². The molecule has 0 bridgehead atoms. The second-order valence-electron chi connectivity index (χ2n) is 6.50. The molecule has 23 heavy (non-hydrogen) atoms. The number of aliphatic hydroxyl groups excluding tert-OH is 1. The van der Waals surface area contributed by atoms with E-state index in [0.29, 0.717) is 6.61 Å². The smallest absolute Gasteiger partial charge is 0.0900 e. The van der Waals surface area contributed by atoms with Crippen molar-refractivity contribution < 1.29 is 9.84 Å². The van der Waals surface area contributed by atoms with Gasteiger partial charge in [0.1, 0.15) is 0 Å². The molecule has 0 aromatic heterocycles. The minimum Gasteiger partial charge on any atom is -0.389 e. The van der Waals surface area contributed by atoms with Gasteiger partial charge in [0.25, 0.3) is 0 Å². The topological polar surface area (TPSA) is 35.9 Å². The van der Waals surface area contributed by atoms with Crippen LogP contribution < -0.4 is 0 Å². The number of ether oxygens (including phenoxy) is 1. The quantitative estimate of drug-likeness (QED) is 0.781. The first-order valence-electron chi connectivity index (χ1n) is 9.15. The zero-order chi connectivity index (χ0) is 16.9. The molecule has 2 aliphatic rings. The maximum atomic E-state index is 9.75. The fraction of sp³-hybridized carbons (Fsp3) is 0.789. The van der Waals surface area contributed by atoms with E-state index in [9.17, 15) is 5.11 Å². The molecule has 1 saturated heterocycles. The van der Waals surface area contributed by atoms with Crippen LogP contribution in [0.15, 0.2) is 23.8 Å². The SMILES string of the molecule is CCC.COCC(O)CN1CCN(CCC2=CC=CCC2)CC1. The van der Waals surface area contributed by atoms with Crippen LogP contribution in [0.3, 0.4) is 0 Å². The van der Waals surface area contributed by atoms with Crippen molar-refractivity contribution in [2.45, 2.75) is 45.6 Å². The van der Waals surface area contributed by atoms with Gasteiger partial charge in [0, 0.05) is 46.4 Å². The monoisotopic (exact) mass is 324 g/mol. The summed E-state index contributed by atoms with van der Waals surface area (Å²) >= 11 is 0. The van der Waals surface area contributed by atoms with Crippen LogP contribution in [0.4, 0.5) is 0 Å². The predicted molar refractivity (Wildman–Crippen MR) is 97.8 cm³/mol. The lowest BCUT2D eigenvalue weighted by Crippen LogP contribution is -2.49. The highest BCUT2D eigenvalue weighted by Gasteiger charge is 2.19. The molecule has 4 heteroatoms. The summed E-state index contributed by atoms with van der Waals surface area (Å²) in [6.45, 7) is 10.9. The molecule has 0 saturated carbocycles. The summed E-state index contributed by atoms with van der Waals surface area (Å²) in [5.41, 5.74) is 1.59. The summed E-state index contributed by atoms with van der Waals surface area (Å²) in [5, 5.41) is 9.75. The van der Waals surface area contributed by atoms with Crippen molar-refractivity contribution in [3.8, 4) is 0 Å². The number of rotatable bonds is 7. The molecule has 0 amide bonds. The summed E-state index contributed by atoms with van der Waals surface area (Å²) in [4.78, 5) is 4.88. The van der Waals surface area contributed by atoms with E-state index in [2.05, 4.69) is 41.9 Å². The van der Waals surface area contributed by atoms with Crippen LogP contribution in [-0.4, -0.2) is 74.0 Å². The van der Waals surface area contributed by atoms with Gasteiger partial charge in [0.05, 0.1) is 12.7 Å². The van der Waals surface area contributed by atoms with Crippen LogP contribution in [0.1, 0.15) is 39.5 Å². The number of β-amino-alcohol motifs (C(OH)–C–C–N with tert-alkyl or cyclic N) is 1. The zero-order valence-corrected chi connectivity index (χ0v) is 15.3. The Kier molecular flexibility index (Phi) is 11.3. The Bertz CT molecular complexity index is 347. The standard InChI is InChI=1S/C16H28N2O2.C3H8/c1-20-14-16(19)13-18-11-9-17(10-12-18)8-7-15-5-3-2-4-6-15;1-3-2/h2-3,5,16,19H,4,6-14H2,1H3;3H2,1-2H3. The Labute approximate surface area is 142 Å². The number of methoxy groups -OCH3 is 1. The highest BCUT2D eigenvalue weighted by atomic mass is 16.5. The highest BCUT2D eigenvalue weighted by molar-refractivity contribution is 5.17. The average Bonchev–Trinajstić information content (AvgIpc) is 2.56. The van der Waals surface area contributed by atoms with E-state index in [-0.39, 0.29) is 6.10 Å². The van der Waals surface area contributed by atoms with Crippen molar-refractivity contribution >= 4 is 0 Å². The van der Waals surface area contributed by atoms with Gasteiger partial charge in [-0.15, -0.1) is 0 Å². The van der Waals surface area contributed by atoms with Crippen LogP contribution in [0.2, 0.25) is 0 Å². The summed E-state index contributed by atoms with van der Waals surface area (Å²) in [5.74, 6) is 0. The average molecular weight is 325 g/mol. The third kappa shape index (κ3) is 9.26. The van der Waals surface area contributed by atoms with Crippen LogP contribution >= 0.6 is 0 Å².